The van der Waals surface area contributed by atoms with Gasteiger partial charge in [0.15, 0.2) is 0 Å². The van der Waals surface area contributed by atoms with E-state index < -0.39 is 5.82 Å². The van der Waals surface area contributed by atoms with Gasteiger partial charge in [0.05, 0.1) is 17.8 Å². The van der Waals surface area contributed by atoms with E-state index in [1.807, 2.05) is 66.5 Å². The maximum Gasteiger partial charge on any atom is 0.322 e. The van der Waals surface area contributed by atoms with Gasteiger partial charge in [-0.3, -0.25) is 0 Å². The summed E-state index contributed by atoms with van der Waals surface area (Å²) in [6, 6.07) is 23.7. The molecule has 5 rings (SSSR count). The lowest BCUT2D eigenvalue weighted by molar-refractivity contribution is 0.205. The van der Waals surface area contributed by atoms with Crippen LogP contribution in [0.3, 0.4) is 0 Å². The van der Waals surface area contributed by atoms with Crippen molar-refractivity contribution in [3.8, 4) is 11.6 Å². The van der Waals surface area contributed by atoms with E-state index in [2.05, 4.69) is 19.2 Å². The maximum absolute atomic E-state index is 13.9. The van der Waals surface area contributed by atoms with E-state index in [4.69, 9.17) is 14.7 Å². The predicted molar refractivity (Wildman–Crippen MR) is 151 cm³/mol. The number of halogens is 1. The number of urea groups is 1. The van der Waals surface area contributed by atoms with Crippen LogP contribution >= 0.6 is 0 Å². The maximum atomic E-state index is 13.9. The van der Waals surface area contributed by atoms with Gasteiger partial charge in [0.2, 0.25) is 11.8 Å². The quantitative estimate of drug-likeness (QED) is 0.289. The number of carbonyl (C=O) groups excluding carboxylic acids is 1. The molecular weight excluding hydrogens is 493 g/mol. The fourth-order valence-corrected chi connectivity index (χ4v) is 4.52. The van der Waals surface area contributed by atoms with Crippen molar-refractivity contribution in [2.24, 2.45) is 0 Å². The molecule has 0 aliphatic carbocycles. The molecule has 0 radical (unpaired) electrons. The third-order valence-corrected chi connectivity index (χ3v) is 6.74. The van der Waals surface area contributed by atoms with Crippen LogP contribution in [0, 0.1) is 5.82 Å². The molecule has 0 fully saturated rings. The Kier molecular flexibility index (Phi) is 7.72. The molecule has 0 saturated carbocycles. The van der Waals surface area contributed by atoms with Crippen LogP contribution in [0.1, 0.15) is 42.1 Å². The minimum absolute atomic E-state index is 0.208. The van der Waals surface area contributed by atoms with Gasteiger partial charge >= 0.3 is 6.03 Å². The smallest absolute Gasteiger partial charge is 0.322 e. The first kappa shape index (κ1) is 26.2. The molecule has 200 valence electrons. The van der Waals surface area contributed by atoms with Gasteiger partial charge in [0.1, 0.15) is 11.6 Å². The van der Waals surface area contributed by atoms with E-state index in [1.165, 1.54) is 17.7 Å². The van der Waals surface area contributed by atoms with E-state index in [-0.39, 0.29) is 12.6 Å². The monoisotopic (exact) mass is 525 g/mol. The fourth-order valence-electron chi connectivity index (χ4n) is 4.52. The normalized spacial score (nSPS) is 12.7. The van der Waals surface area contributed by atoms with E-state index >= 15 is 0 Å². The summed E-state index contributed by atoms with van der Waals surface area (Å²) >= 11 is 0. The van der Waals surface area contributed by atoms with Crippen molar-refractivity contribution in [1.82, 2.24) is 14.9 Å². The van der Waals surface area contributed by atoms with Crippen LogP contribution in [0.2, 0.25) is 0 Å². The van der Waals surface area contributed by atoms with Gasteiger partial charge < -0.3 is 19.9 Å². The molecule has 2 heterocycles. The Morgan fingerprint density at radius 3 is 2.54 bits per heavy atom. The zero-order valence-corrected chi connectivity index (χ0v) is 22.4. The zero-order valence-electron chi connectivity index (χ0n) is 22.4. The summed E-state index contributed by atoms with van der Waals surface area (Å²) in [5.74, 6) is 1.17. The van der Waals surface area contributed by atoms with E-state index in [9.17, 15) is 9.18 Å². The highest BCUT2D eigenvalue weighted by Gasteiger charge is 2.27. The molecule has 7 nitrogen and oxygen atoms in total. The van der Waals surface area contributed by atoms with Crippen LogP contribution in [0.4, 0.5) is 20.8 Å². The molecule has 1 aromatic heterocycles. The van der Waals surface area contributed by atoms with Gasteiger partial charge in [-0.15, -0.1) is 0 Å². The fraction of sp³-hybridized carbons (Fsp3) is 0.258. The zero-order chi connectivity index (χ0) is 27.4. The summed E-state index contributed by atoms with van der Waals surface area (Å²) < 4.78 is 20.0. The summed E-state index contributed by atoms with van der Waals surface area (Å²) in [4.78, 5) is 26.4. The van der Waals surface area contributed by atoms with Crippen LogP contribution in [-0.2, 0) is 19.5 Å². The molecule has 1 aliphatic heterocycles. The van der Waals surface area contributed by atoms with Crippen LogP contribution in [0.25, 0.3) is 0 Å². The van der Waals surface area contributed by atoms with Gasteiger partial charge in [0.25, 0.3) is 0 Å². The van der Waals surface area contributed by atoms with Crippen LogP contribution in [0.5, 0.6) is 11.6 Å². The average molecular weight is 526 g/mol. The second kappa shape index (κ2) is 11.5. The number of carbonyl (C=O) groups is 1. The van der Waals surface area contributed by atoms with Crippen LogP contribution in [0.15, 0.2) is 78.9 Å². The molecule has 0 unspecified atom stereocenters. The number of rotatable bonds is 7. The molecule has 1 N–H and O–H groups in total. The molecule has 0 atom stereocenters. The minimum atomic E-state index is -0.402. The molecule has 1 aliphatic rings. The van der Waals surface area contributed by atoms with Crippen molar-refractivity contribution < 1.29 is 13.9 Å². The van der Waals surface area contributed by atoms with Gasteiger partial charge in [-0.2, -0.15) is 4.98 Å². The summed E-state index contributed by atoms with van der Waals surface area (Å²) in [6.07, 6.45) is 0.545. The largest absolute Gasteiger partial charge is 0.438 e. The standard InChI is InChI=1S/C31H32FN5O2/c1-21(2)23-12-14-25(15-13-23)33-31(38)37-17-16-28-27(20-37)29(39-26-11-7-10-24(32)18-26)35-30(34-28)36(3)19-22-8-5-4-6-9-22/h4-15,18,21H,16-17,19-20H2,1-3H3,(H,33,38). The SMILES string of the molecule is CC(C)c1ccc(NC(=O)N2CCc3nc(N(C)Cc4ccccc4)nc(Oc4cccc(F)c4)c3C2)cc1. The molecule has 2 amide bonds. The highest BCUT2D eigenvalue weighted by atomic mass is 19.1. The lowest BCUT2D eigenvalue weighted by Gasteiger charge is -2.30. The molecule has 0 spiro atoms. The van der Waals surface area contributed by atoms with Crippen LogP contribution in [-0.4, -0.2) is 34.5 Å². The Bertz CT molecular complexity index is 1440. The minimum Gasteiger partial charge on any atom is -0.438 e. The lowest BCUT2D eigenvalue weighted by Crippen LogP contribution is -2.39. The van der Waals surface area contributed by atoms with E-state index in [1.54, 1.807) is 17.0 Å². The van der Waals surface area contributed by atoms with Crippen molar-refractivity contribution in [2.75, 3.05) is 23.8 Å². The topological polar surface area (TPSA) is 70.6 Å². The molecule has 3 aromatic carbocycles. The second-order valence-corrected chi connectivity index (χ2v) is 10.0. The summed E-state index contributed by atoms with van der Waals surface area (Å²) in [6.45, 7) is 5.66. The van der Waals surface area contributed by atoms with Gasteiger partial charge in [-0.05, 0) is 41.3 Å². The molecular formula is C31H32FN5O2. The van der Waals surface area contributed by atoms with Gasteiger partial charge in [-0.1, -0.05) is 62.4 Å². The second-order valence-electron chi connectivity index (χ2n) is 10.0. The number of amides is 2. The average Bonchev–Trinajstić information content (AvgIpc) is 2.93. The van der Waals surface area contributed by atoms with Crippen LogP contribution < -0.4 is 15.0 Å². The molecule has 0 bridgehead atoms. The molecule has 4 aromatic rings. The number of anilines is 2. The lowest BCUT2D eigenvalue weighted by atomic mass is 10.0. The highest BCUT2D eigenvalue weighted by molar-refractivity contribution is 5.89. The van der Waals surface area contributed by atoms with Crippen molar-refractivity contribution in [3.05, 3.63) is 107 Å². The van der Waals surface area contributed by atoms with E-state index in [0.717, 1.165) is 16.9 Å². The van der Waals surface area contributed by atoms with Crippen molar-refractivity contribution in [3.63, 3.8) is 0 Å². The Balaban J connectivity index is 1.40. The third kappa shape index (κ3) is 6.34. The number of hydrogen-bond acceptors (Lipinski definition) is 5. The summed E-state index contributed by atoms with van der Waals surface area (Å²) in [5, 5.41) is 2.99. The highest BCUT2D eigenvalue weighted by Crippen LogP contribution is 2.32. The Morgan fingerprint density at radius 1 is 1.05 bits per heavy atom. The van der Waals surface area contributed by atoms with E-state index in [0.29, 0.717) is 48.6 Å². The first-order valence-corrected chi connectivity index (χ1v) is 13.1. The number of fused-ring (bicyclic) bond motifs is 1. The van der Waals surface area contributed by atoms with Gasteiger partial charge in [0, 0.05) is 38.3 Å². The van der Waals surface area contributed by atoms with Crippen molar-refractivity contribution in [2.45, 2.75) is 39.3 Å². The first-order valence-electron chi connectivity index (χ1n) is 13.1. The van der Waals surface area contributed by atoms with Gasteiger partial charge in [-0.25, -0.2) is 14.2 Å². The number of nitrogens with one attached hydrogen (secondary N) is 1. The Hall–Kier alpha value is -4.46. The Morgan fingerprint density at radius 2 is 1.82 bits per heavy atom. The number of aromatic nitrogens is 2. The van der Waals surface area contributed by atoms with Crippen molar-refractivity contribution >= 4 is 17.7 Å². The number of hydrogen-bond donors (Lipinski definition) is 1. The third-order valence-electron chi connectivity index (χ3n) is 6.74. The first-order chi connectivity index (χ1) is 18.9. The number of ether oxygens (including phenoxy) is 1. The summed E-state index contributed by atoms with van der Waals surface area (Å²) in [5.41, 5.74) is 4.60. The molecule has 39 heavy (non-hydrogen) atoms. The molecule has 0 saturated heterocycles. The Labute approximate surface area is 228 Å². The van der Waals surface area contributed by atoms with Crippen molar-refractivity contribution in [1.29, 1.82) is 0 Å². The molecule has 8 heteroatoms. The predicted octanol–water partition coefficient (Wildman–Crippen LogP) is 6.76. The number of benzene rings is 3. The number of nitrogens with zero attached hydrogens (tertiary/aromatic N) is 4. The summed E-state index contributed by atoms with van der Waals surface area (Å²) in [7, 11) is 1.92.